The van der Waals surface area contributed by atoms with Crippen molar-refractivity contribution in [1.82, 2.24) is 5.32 Å². The van der Waals surface area contributed by atoms with Crippen LogP contribution in [0.15, 0.2) is 6.07 Å². The number of fused-ring (bicyclic) bond motifs is 2. The molecule has 6 heteroatoms. The van der Waals surface area contributed by atoms with Gasteiger partial charge in [-0.15, -0.1) is 0 Å². The summed E-state index contributed by atoms with van der Waals surface area (Å²) in [6, 6.07) is 1.82. The molecule has 2 aliphatic heterocycles. The van der Waals surface area contributed by atoms with Gasteiger partial charge < -0.3 is 24.8 Å². The molecule has 0 aliphatic carbocycles. The molecule has 1 aromatic rings. The second kappa shape index (κ2) is 6.22. The van der Waals surface area contributed by atoms with E-state index in [-0.39, 0.29) is 6.03 Å². The molecule has 2 amide bonds. The zero-order valence-electron chi connectivity index (χ0n) is 12.2. The molecular weight excluding hydrogens is 272 g/mol. The van der Waals surface area contributed by atoms with Crippen LogP contribution in [-0.2, 0) is 17.6 Å². The van der Waals surface area contributed by atoms with E-state index in [0.717, 1.165) is 47.6 Å². The van der Waals surface area contributed by atoms with E-state index in [9.17, 15) is 4.79 Å². The molecule has 0 spiro atoms. The lowest BCUT2D eigenvalue weighted by Crippen LogP contribution is -2.30. The quantitative estimate of drug-likeness (QED) is 0.811. The van der Waals surface area contributed by atoms with Gasteiger partial charge in [0, 0.05) is 44.2 Å². The molecule has 2 heterocycles. The molecule has 21 heavy (non-hydrogen) atoms. The second-order valence-corrected chi connectivity index (χ2v) is 5.14. The van der Waals surface area contributed by atoms with Gasteiger partial charge in [-0.25, -0.2) is 4.79 Å². The topological polar surface area (TPSA) is 68.8 Å². The number of urea groups is 1. The van der Waals surface area contributed by atoms with Crippen LogP contribution in [-0.4, -0.2) is 39.5 Å². The van der Waals surface area contributed by atoms with Crippen molar-refractivity contribution in [2.45, 2.75) is 19.3 Å². The van der Waals surface area contributed by atoms with Crippen LogP contribution in [0, 0.1) is 0 Å². The zero-order chi connectivity index (χ0) is 14.7. The summed E-state index contributed by atoms with van der Waals surface area (Å²) in [5.41, 5.74) is 2.90. The minimum atomic E-state index is -0.218. The number of carbonyl (C=O) groups is 1. The maximum Gasteiger partial charge on any atom is 0.319 e. The molecule has 6 nitrogen and oxygen atoms in total. The SMILES string of the molecule is COCCCNC(=O)Nc1c2c(cc3c1OCC3)OCC2. The Morgan fingerprint density at radius 2 is 2.19 bits per heavy atom. The maximum atomic E-state index is 12.0. The van der Waals surface area contributed by atoms with Crippen molar-refractivity contribution < 1.29 is 19.0 Å². The van der Waals surface area contributed by atoms with Gasteiger partial charge in [-0.05, 0) is 12.5 Å². The van der Waals surface area contributed by atoms with Crippen LogP contribution < -0.4 is 20.1 Å². The highest BCUT2D eigenvalue weighted by molar-refractivity contribution is 5.93. The lowest BCUT2D eigenvalue weighted by atomic mass is 10.0. The molecule has 114 valence electrons. The summed E-state index contributed by atoms with van der Waals surface area (Å²) in [6.45, 7) is 2.52. The van der Waals surface area contributed by atoms with Crippen LogP contribution >= 0.6 is 0 Å². The van der Waals surface area contributed by atoms with Crippen LogP contribution in [0.5, 0.6) is 11.5 Å². The third kappa shape index (κ3) is 2.90. The first kappa shape index (κ1) is 14.0. The van der Waals surface area contributed by atoms with E-state index in [1.807, 2.05) is 6.07 Å². The van der Waals surface area contributed by atoms with Crippen molar-refractivity contribution in [1.29, 1.82) is 0 Å². The van der Waals surface area contributed by atoms with Gasteiger partial charge in [0.2, 0.25) is 0 Å². The number of methoxy groups -OCH3 is 1. The van der Waals surface area contributed by atoms with Crippen LogP contribution in [0.25, 0.3) is 0 Å². The highest BCUT2D eigenvalue weighted by Crippen LogP contribution is 2.44. The summed E-state index contributed by atoms with van der Waals surface area (Å²) in [5.74, 6) is 1.67. The number of amides is 2. The molecule has 2 N–H and O–H groups in total. The Bertz CT molecular complexity index is 513. The Kier molecular flexibility index (Phi) is 4.15. The van der Waals surface area contributed by atoms with Crippen LogP contribution in [0.4, 0.5) is 10.5 Å². The van der Waals surface area contributed by atoms with Gasteiger partial charge in [0.1, 0.15) is 11.5 Å². The second-order valence-electron chi connectivity index (χ2n) is 5.14. The summed E-state index contributed by atoms with van der Waals surface area (Å²) in [5, 5.41) is 5.75. The summed E-state index contributed by atoms with van der Waals surface area (Å²) in [7, 11) is 1.65. The maximum absolute atomic E-state index is 12.0. The Hall–Kier alpha value is -1.95. The zero-order valence-corrected chi connectivity index (χ0v) is 12.2. The average molecular weight is 292 g/mol. The molecule has 0 unspecified atom stereocenters. The van der Waals surface area contributed by atoms with Crippen LogP contribution in [0.3, 0.4) is 0 Å². The Labute approximate surface area is 123 Å². The van der Waals surface area contributed by atoms with Gasteiger partial charge in [0.05, 0.1) is 18.9 Å². The predicted octanol–water partition coefficient (Wildman–Crippen LogP) is 1.71. The number of anilines is 1. The van der Waals surface area contributed by atoms with Crippen molar-refractivity contribution in [2.75, 3.05) is 38.8 Å². The minimum absolute atomic E-state index is 0.218. The first-order valence-electron chi connectivity index (χ1n) is 7.27. The minimum Gasteiger partial charge on any atom is -0.493 e. The third-order valence-electron chi connectivity index (χ3n) is 3.70. The predicted molar refractivity (Wildman–Crippen MR) is 78.4 cm³/mol. The van der Waals surface area contributed by atoms with Crippen molar-refractivity contribution in [3.05, 3.63) is 17.2 Å². The van der Waals surface area contributed by atoms with Crippen LogP contribution in [0.1, 0.15) is 17.5 Å². The molecule has 0 saturated heterocycles. The molecule has 0 fully saturated rings. The first-order chi connectivity index (χ1) is 10.3. The molecule has 0 bridgehead atoms. The van der Waals surface area contributed by atoms with Crippen molar-refractivity contribution >= 4 is 11.7 Å². The fourth-order valence-corrected chi connectivity index (χ4v) is 2.69. The molecular formula is C15H20N2O4. The lowest BCUT2D eigenvalue weighted by molar-refractivity contribution is 0.194. The summed E-state index contributed by atoms with van der Waals surface area (Å²) >= 11 is 0. The van der Waals surface area contributed by atoms with E-state index in [4.69, 9.17) is 14.2 Å². The highest BCUT2D eigenvalue weighted by atomic mass is 16.5. The monoisotopic (exact) mass is 292 g/mol. The number of ether oxygens (including phenoxy) is 3. The number of nitrogens with one attached hydrogen (secondary N) is 2. The average Bonchev–Trinajstić information content (AvgIpc) is 3.11. The van der Waals surface area contributed by atoms with Gasteiger partial charge in [-0.3, -0.25) is 0 Å². The molecule has 0 radical (unpaired) electrons. The van der Waals surface area contributed by atoms with Gasteiger partial charge in [0.15, 0.2) is 0 Å². The van der Waals surface area contributed by atoms with E-state index < -0.39 is 0 Å². The van der Waals surface area contributed by atoms with Gasteiger partial charge >= 0.3 is 6.03 Å². The number of carbonyl (C=O) groups excluding carboxylic acids is 1. The van der Waals surface area contributed by atoms with Crippen molar-refractivity contribution in [2.24, 2.45) is 0 Å². The lowest BCUT2D eigenvalue weighted by Gasteiger charge is -2.14. The Balaban J connectivity index is 1.72. The third-order valence-corrected chi connectivity index (χ3v) is 3.70. The van der Waals surface area contributed by atoms with Crippen molar-refractivity contribution in [3.63, 3.8) is 0 Å². The van der Waals surface area contributed by atoms with Crippen molar-refractivity contribution in [3.8, 4) is 11.5 Å². The molecule has 0 saturated carbocycles. The van der Waals surface area contributed by atoms with Gasteiger partial charge in [0.25, 0.3) is 0 Å². The highest BCUT2D eigenvalue weighted by Gasteiger charge is 2.27. The first-order valence-corrected chi connectivity index (χ1v) is 7.27. The molecule has 0 aromatic heterocycles. The number of hydrogen-bond acceptors (Lipinski definition) is 4. The number of rotatable bonds is 5. The Morgan fingerprint density at radius 3 is 3.05 bits per heavy atom. The summed E-state index contributed by atoms with van der Waals surface area (Å²) < 4.78 is 16.3. The molecule has 3 rings (SSSR count). The fraction of sp³-hybridized carbons (Fsp3) is 0.533. The number of benzene rings is 1. The van der Waals surface area contributed by atoms with E-state index in [2.05, 4.69) is 10.6 Å². The van der Waals surface area contributed by atoms with E-state index >= 15 is 0 Å². The standard InChI is InChI=1S/C15H20N2O4/c1-19-6-2-5-16-15(18)17-13-11-4-8-20-12(11)9-10-3-7-21-14(10)13/h9H,2-8H2,1H3,(H2,16,17,18). The fourth-order valence-electron chi connectivity index (χ4n) is 2.69. The summed E-state index contributed by atoms with van der Waals surface area (Å²) in [6.07, 6.45) is 2.44. The van der Waals surface area contributed by atoms with E-state index in [0.29, 0.717) is 26.4 Å². The molecule has 0 atom stereocenters. The van der Waals surface area contributed by atoms with Gasteiger partial charge in [-0.2, -0.15) is 0 Å². The molecule has 1 aromatic carbocycles. The molecule has 2 aliphatic rings. The smallest absolute Gasteiger partial charge is 0.319 e. The summed E-state index contributed by atoms with van der Waals surface area (Å²) in [4.78, 5) is 12.0. The van der Waals surface area contributed by atoms with Crippen LogP contribution in [0.2, 0.25) is 0 Å². The number of hydrogen-bond donors (Lipinski definition) is 2. The normalized spacial score (nSPS) is 14.9. The largest absolute Gasteiger partial charge is 0.493 e. The Morgan fingerprint density at radius 1 is 1.33 bits per heavy atom. The van der Waals surface area contributed by atoms with E-state index in [1.54, 1.807) is 7.11 Å². The van der Waals surface area contributed by atoms with E-state index in [1.165, 1.54) is 0 Å². The van der Waals surface area contributed by atoms with Gasteiger partial charge in [-0.1, -0.05) is 0 Å².